The molecule has 5 nitrogen and oxygen atoms in total. The molecule has 0 spiro atoms. The first-order valence-electron chi connectivity index (χ1n) is 8.90. The largest absolute Gasteiger partial charge is 0.498 e. The minimum atomic E-state index is -3.34. The Morgan fingerprint density at radius 3 is 1.96 bits per heavy atom. The first-order chi connectivity index (χ1) is 12.9. The summed E-state index contributed by atoms with van der Waals surface area (Å²) in [6.07, 6.45) is 1.13. The smallest absolute Gasteiger partial charge is 0.496 e. The molecule has 0 atom stereocenters. The molecule has 0 saturated carbocycles. The van der Waals surface area contributed by atoms with Crippen LogP contribution in [0.25, 0.3) is 11.1 Å². The minimum absolute atomic E-state index is 0.165. The highest BCUT2D eigenvalue weighted by Gasteiger charge is 2.52. The van der Waals surface area contributed by atoms with E-state index < -0.39 is 34.0 Å². The van der Waals surface area contributed by atoms with E-state index in [1.165, 1.54) is 25.3 Å². The van der Waals surface area contributed by atoms with Crippen molar-refractivity contribution in [3.8, 4) is 16.9 Å². The number of rotatable bonds is 4. The Labute approximate surface area is 165 Å². The summed E-state index contributed by atoms with van der Waals surface area (Å²) in [6, 6.07) is 8.94. The van der Waals surface area contributed by atoms with Crippen LogP contribution >= 0.6 is 0 Å². The number of hydrogen-bond acceptors (Lipinski definition) is 5. The van der Waals surface area contributed by atoms with Gasteiger partial charge in [-0.2, -0.15) is 0 Å². The van der Waals surface area contributed by atoms with Crippen molar-refractivity contribution in [3.05, 3.63) is 42.2 Å². The van der Waals surface area contributed by atoms with Crippen molar-refractivity contribution in [2.45, 2.75) is 43.8 Å². The predicted molar refractivity (Wildman–Crippen MR) is 107 cm³/mol. The van der Waals surface area contributed by atoms with E-state index in [9.17, 15) is 12.8 Å². The summed E-state index contributed by atoms with van der Waals surface area (Å²) >= 11 is 0. The van der Waals surface area contributed by atoms with Crippen LogP contribution in [0.1, 0.15) is 27.7 Å². The van der Waals surface area contributed by atoms with Crippen molar-refractivity contribution in [1.29, 1.82) is 0 Å². The van der Waals surface area contributed by atoms with Crippen LogP contribution in [0.2, 0.25) is 0 Å². The Hall–Kier alpha value is -1.90. The molecule has 2 aromatic rings. The van der Waals surface area contributed by atoms with Gasteiger partial charge in [0, 0.05) is 11.7 Å². The third kappa shape index (κ3) is 3.56. The zero-order chi connectivity index (χ0) is 20.9. The Morgan fingerprint density at radius 2 is 1.50 bits per heavy atom. The van der Waals surface area contributed by atoms with Crippen LogP contribution < -0.4 is 10.2 Å². The average Bonchev–Trinajstić information content (AvgIpc) is 2.81. The summed E-state index contributed by atoms with van der Waals surface area (Å²) in [5.74, 6) is -0.185. The second-order valence-corrected chi connectivity index (χ2v) is 9.95. The van der Waals surface area contributed by atoms with Gasteiger partial charge in [0.15, 0.2) is 9.84 Å². The van der Waals surface area contributed by atoms with Gasteiger partial charge in [-0.15, -0.1) is 0 Å². The van der Waals surface area contributed by atoms with E-state index in [1.54, 1.807) is 18.2 Å². The Kier molecular flexibility index (Phi) is 5.10. The highest BCUT2D eigenvalue weighted by atomic mass is 32.2. The fourth-order valence-electron chi connectivity index (χ4n) is 3.09. The normalized spacial score (nSPS) is 18.3. The van der Waals surface area contributed by atoms with Crippen molar-refractivity contribution in [3.63, 3.8) is 0 Å². The van der Waals surface area contributed by atoms with E-state index in [1.807, 2.05) is 27.7 Å². The molecular formula is C20H24BFO5S. The number of hydrogen-bond donors (Lipinski definition) is 0. The van der Waals surface area contributed by atoms with Crippen molar-refractivity contribution in [2.24, 2.45) is 0 Å². The summed E-state index contributed by atoms with van der Waals surface area (Å²) < 4.78 is 55.8. The summed E-state index contributed by atoms with van der Waals surface area (Å²) in [5, 5.41) is 0. The maximum atomic E-state index is 14.7. The van der Waals surface area contributed by atoms with Crippen molar-refractivity contribution >= 4 is 22.4 Å². The average molecular weight is 406 g/mol. The number of benzene rings is 2. The SMILES string of the molecule is COc1c(B2OC(C)(C)C(C)(C)O2)ccc(F)c1-c1ccc(S(C)(=O)=O)cc1. The molecule has 8 heteroatoms. The van der Waals surface area contributed by atoms with Gasteiger partial charge in [0.1, 0.15) is 11.6 Å². The quantitative estimate of drug-likeness (QED) is 0.730. The van der Waals surface area contributed by atoms with Gasteiger partial charge in [0.05, 0.1) is 28.8 Å². The molecule has 28 heavy (non-hydrogen) atoms. The van der Waals surface area contributed by atoms with Gasteiger partial charge in [-0.05, 0) is 51.5 Å². The highest BCUT2D eigenvalue weighted by Crippen LogP contribution is 2.39. The van der Waals surface area contributed by atoms with E-state index >= 15 is 0 Å². The molecule has 0 aliphatic carbocycles. The second-order valence-electron chi connectivity index (χ2n) is 7.93. The Bertz CT molecular complexity index is 984. The van der Waals surface area contributed by atoms with Crippen LogP contribution in [0.4, 0.5) is 4.39 Å². The molecule has 3 rings (SSSR count). The van der Waals surface area contributed by atoms with Gasteiger partial charge in [-0.25, -0.2) is 12.8 Å². The lowest BCUT2D eigenvalue weighted by atomic mass is 9.76. The minimum Gasteiger partial charge on any atom is -0.496 e. The van der Waals surface area contributed by atoms with Gasteiger partial charge in [0.25, 0.3) is 0 Å². The third-order valence-corrected chi connectivity index (χ3v) is 6.55. The molecule has 0 amide bonds. The summed E-state index contributed by atoms with van der Waals surface area (Å²) in [7, 11) is -2.60. The molecule has 0 aromatic heterocycles. The maximum absolute atomic E-state index is 14.7. The molecule has 0 bridgehead atoms. The van der Waals surface area contributed by atoms with Crippen LogP contribution in [0.3, 0.4) is 0 Å². The van der Waals surface area contributed by atoms with Crippen molar-refractivity contribution in [2.75, 3.05) is 13.4 Å². The van der Waals surface area contributed by atoms with Crippen LogP contribution in [-0.4, -0.2) is 40.1 Å². The number of sulfone groups is 1. The van der Waals surface area contributed by atoms with Crippen molar-refractivity contribution in [1.82, 2.24) is 0 Å². The topological polar surface area (TPSA) is 61.8 Å². The molecule has 0 radical (unpaired) electrons. The highest BCUT2D eigenvalue weighted by molar-refractivity contribution is 7.90. The number of halogens is 1. The van der Waals surface area contributed by atoms with E-state index in [-0.39, 0.29) is 10.5 Å². The van der Waals surface area contributed by atoms with E-state index in [4.69, 9.17) is 14.0 Å². The van der Waals surface area contributed by atoms with Crippen LogP contribution in [0.5, 0.6) is 5.75 Å². The van der Waals surface area contributed by atoms with Gasteiger partial charge in [0.2, 0.25) is 0 Å². The Balaban J connectivity index is 2.10. The fraction of sp³-hybridized carbons (Fsp3) is 0.400. The van der Waals surface area contributed by atoms with Gasteiger partial charge in [-0.1, -0.05) is 18.2 Å². The monoisotopic (exact) mass is 406 g/mol. The van der Waals surface area contributed by atoms with Gasteiger partial charge >= 0.3 is 7.12 Å². The summed E-state index contributed by atoms with van der Waals surface area (Å²) in [5.41, 5.74) is 0.211. The van der Waals surface area contributed by atoms with E-state index in [0.717, 1.165) is 6.26 Å². The lowest BCUT2D eigenvalue weighted by molar-refractivity contribution is 0.00578. The van der Waals surface area contributed by atoms with E-state index in [0.29, 0.717) is 16.8 Å². The lowest BCUT2D eigenvalue weighted by Gasteiger charge is -2.32. The third-order valence-electron chi connectivity index (χ3n) is 5.42. The lowest BCUT2D eigenvalue weighted by Crippen LogP contribution is -2.41. The molecule has 0 unspecified atom stereocenters. The molecule has 150 valence electrons. The van der Waals surface area contributed by atoms with Crippen molar-refractivity contribution < 1.29 is 26.9 Å². The fourth-order valence-corrected chi connectivity index (χ4v) is 3.72. The maximum Gasteiger partial charge on any atom is 0.498 e. The second kappa shape index (κ2) is 6.86. The van der Waals surface area contributed by atoms with E-state index in [2.05, 4.69) is 0 Å². The molecule has 0 N–H and O–H groups in total. The molecular weight excluding hydrogens is 382 g/mol. The summed E-state index contributed by atoms with van der Waals surface area (Å²) in [4.78, 5) is 0.165. The summed E-state index contributed by atoms with van der Waals surface area (Å²) in [6.45, 7) is 7.75. The number of ether oxygens (including phenoxy) is 1. The Morgan fingerprint density at radius 1 is 0.964 bits per heavy atom. The van der Waals surface area contributed by atoms with Crippen LogP contribution in [0.15, 0.2) is 41.3 Å². The standard InChI is InChI=1S/C20H24BFO5S/c1-19(2)20(3,4)27-21(26-19)15-11-12-16(22)17(18(15)25-5)13-7-9-14(10-8-13)28(6,23)24/h7-12H,1-6H3. The molecule has 1 fully saturated rings. The molecule has 1 saturated heterocycles. The zero-order valence-corrected chi connectivity index (χ0v) is 17.7. The number of methoxy groups -OCH3 is 1. The molecule has 1 heterocycles. The van der Waals surface area contributed by atoms with Gasteiger partial charge in [-0.3, -0.25) is 0 Å². The van der Waals surface area contributed by atoms with Gasteiger partial charge < -0.3 is 14.0 Å². The molecule has 1 aliphatic rings. The molecule has 1 aliphatic heterocycles. The molecule has 2 aromatic carbocycles. The zero-order valence-electron chi connectivity index (χ0n) is 16.9. The van der Waals surface area contributed by atoms with Crippen LogP contribution in [-0.2, 0) is 19.1 Å². The predicted octanol–water partition coefficient (Wildman–Crippen LogP) is 3.20. The first-order valence-corrected chi connectivity index (χ1v) is 10.8. The first kappa shape index (κ1) is 20.8. The van der Waals surface area contributed by atoms with Crippen LogP contribution in [0, 0.1) is 5.82 Å².